The van der Waals surface area contributed by atoms with Gasteiger partial charge in [-0.05, 0) is 23.8 Å². The Morgan fingerprint density at radius 2 is 1.85 bits per heavy atom. The van der Waals surface area contributed by atoms with E-state index in [1.54, 1.807) is 19.2 Å². The van der Waals surface area contributed by atoms with E-state index in [1.807, 2.05) is 24.3 Å². The molecular weight excluding hydrogens is 256 g/mol. The maximum atomic E-state index is 11.9. The summed E-state index contributed by atoms with van der Waals surface area (Å²) >= 11 is 0. The molecule has 20 heavy (non-hydrogen) atoms. The van der Waals surface area contributed by atoms with Crippen LogP contribution in [0, 0.1) is 0 Å². The molecule has 5 heteroatoms. The molecule has 0 aliphatic heterocycles. The van der Waals surface area contributed by atoms with Crippen LogP contribution in [-0.2, 0) is 6.54 Å². The van der Waals surface area contributed by atoms with E-state index < -0.39 is 0 Å². The van der Waals surface area contributed by atoms with Crippen molar-refractivity contribution in [1.29, 1.82) is 0 Å². The minimum atomic E-state index is -0.170. The first kappa shape index (κ1) is 13.9. The van der Waals surface area contributed by atoms with Crippen molar-refractivity contribution in [3.05, 3.63) is 53.7 Å². The van der Waals surface area contributed by atoms with E-state index in [2.05, 4.69) is 10.3 Å². The van der Waals surface area contributed by atoms with Crippen LogP contribution >= 0.6 is 0 Å². The van der Waals surface area contributed by atoms with Gasteiger partial charge in [0, 0.05) is 18.8 Å². The van der Waals surface area contributed by atoms with Crippen LogP contribution < -0.4 is 14.8 Å². The molecule has 0 saturated carbocycles. The zero-order valence-electron chi connectivity index (χ0n) is 11.4. The van der Waals surface area contributed by atoms with Crippen LogP contribution in [0.25, 0.3) is 0 Å². The molecule has 0 bridgehead atoms. The summed E-state index contributed by atoms with van der Waals surface area (Å²) in [5.74, 6) is 1.10. The van der Waals surface area contributed by atoms with Crippen LogP contribution in [-0.4, -0.2) is 25.1 Å². The second-order valence-electron chi connectivity index (χ2n) is 4.12. The van der Waals surface area contributed by atoms with Gasteiger partial charge in [0.15, 0.2) is 0 Å². The number of methoxy groups -OCH3 is 2. The number of nitrogens with one attached hydrogen (secondary N) is 1. The third kappa shape index (κ3) is 3.47. The lowest BCUT2D eigenvalue weighted by Crippen LogP contribution is -2.22. The van der Waals surface area contributed by atoms with Gasteiger partial charge in [0.1, 0.15) is 5.75 Å². The quantitative estimate of drug-likeness (QED) is 0.904. The smallest absolute Gasteiger partial charge is 0.253 e. The number of carbonyl (C=O) groups excluding carboxylic acids is 1. The predicted octanol–water partition coefficient (Wildman–Crippen LogP) is 2.03. The maximum absolute atomic E-state index is 11.9. The first-order valence-electron chi connectivity index (χ1n) is 6.14. The summed E-state index contributed by atoms with van der Waals surface area (Å²) in [5, 5.41) is 2.83. The standard InChI is InChI=1S/C15H16N2O3/c1-19-13-6-3-11(4-7-13)9-17-15(18)12-5-8-14(20-2)16-10-12/h3-8,10H,9H2,1-2H3,(H,17,18). The van der Waals surface area contributed by atoms with E-state index in [4.69, 9.17) is 9.47 Å². The molecule has 1 N–H and O–H groups in total. The number of ether oxygens (including phenoxy) is 2. The molecule has 1 amide bonds. The summed E-state index contributed by atoms with van der Waals surface area (Å²) in [6, 6.07) is 10.9. The van der Waals surface area contributed by atoms with Crippen LogP contribution in [0.1, 0.15) is 15.9 Å². The van der Waals surface area contributed by atoms with Gasteiger partial charge in [-0.15, -0.1) is 0 Å². The van der Waals surface area contributed by atoms with Crippen molar-refractivity contribution >= 4 is 5.91 Å². The van der Waals surface area contributed by atoms with Crippen LogP contribution in [0.15, 0.2) is 42.6 Å². The number of hydrogen-bond acceptors (Lipinski definition) is 4. The summed E-state index contributed by atoms with van der Waals surface area (Å²) in [5.41, 5.74) is 1.50. The fourth-order valence-corrected chi connectivity index (χ4v) is 1.66. The third-order valence-corrected chi connectivity index (χ3v) is 2.82. The zero-order chi connectivity index (χ0) is 14.4. The number of pyridine rings is 1. The van der Waals surface area contributed by atoms with Gasteiger partial charge in [-0.3, -0.25) is 4.79 Å². The number of rotatable bonds is 5. The Balaban J connectivity index is 1.93. The van der Waals surface area contributed by atoms with Gasteiger partial charge >= 0.3 is 0 Å². The van der Waals surface area contributed by atoms with Gasteiger partial charge in [-0.1, -0.05) is 12.1 Å². The summed E-state index contributed by atoms with van der Waals surface area (Å²) in [4.78, 5) is 15.9. The van der Waals surface area contributed by atoms with Crippen molar-refractivity contribution < 1.29 is 14.3 Å². The molecule has 1 aromatic heterocycles. The lowest BCUT2D eigenvalue weighted by Gasteiger charge is -2.06. The molecule has 2 rings (SSSR count). The van der Waals surface area contributed by atoms with E-state index in [-0.39, 0.29) is 5.91 Å². The van der Waals surface area contributed by atoms with Crippen molar-refractivity contribution in [2.24, 2.45) is 0 Å². The highest BCUT2D eigenvalue weighted by Gasteiger charge is 2.06. The first-order valence-corrected chi connectivity index (χ1v) is 6.14. The zero-order valence-corrected chi connectivity index (χ0v) is 11.4. The molecule has 1 heterocycles. The number of aromatic nitrogens is 1. The van der Waals surface area contributed by atoms with Crippen LogP contribution in [0.5, 0.6) is 11.6 Å². The van der Waals surface area contributed by atoms with Crippen molar-refractivity contribution in [3.63, 3.8) is 0 Å². The molecule has 0 radical (unpaired) electrons. The minimum absolute atomic E-state index is 0.170. The Kier molecular flexibility index (Phi) is 4.55. The average Bonchev–Trinajstić information content (AvgIpc) is 2.53. The average molecular weight is 272 g/mol. The Morgan fingerprint density at radius 3 is 2.40 bits per heavy atom. The highest BCUT2D eigenvalue weighted by atomic mass is 16.5. The molecule has 2 aromatic rings. The Labute approximate surface area is 117 Å². The van der Waals surface area contributed by atoms with E-state index in [9.17, 15) is 4.79 Å². The van der Waals surface area contributed by atoms with E-state index in [0.717, 1.165) is 11.3 Å². The number of hydrogen-bond donors (Lipinski definition) is 1. The topological polar surface area (TPSA) is 60.5 Å². The van der Waals surface area contributed by atoms with Crippen molar-refractivity contribution in [2.45, 2.75) is 6.54 Å². The maximum Gasteiger partial charge on any atom is 0.253 e. The highest BCUT2D eigenvalue weighted by molar-refractivity contribution is 5.93. The van der Waals surface area contributed by atoms with E-state index >= 15 is 0 Å². The molecule has 0 fully saturated rings. The van der Waals surface area contributed by atoms with Gasteiger partial charge in [0.2, 0.25) is 5.88 Å². The summed E-state index contributed by atoms with van der Waals surface area (Å²) in [6.07, 6.45) is 1.49. The number of benzene rings is 1. The second-order valence-corrected chi connectivity index (χ2v) is 4.12. The summed E-state index contributed by atoms with van der Waals surface area (Å²) in [7, 11) is 3.15. The van der Waals surface area contributed by atoms with Crippen LogP contribution in [0.4, 0.5) is 0 Å². The lowest BCUT2D eigenvalue weighted by molar-refractivity contribution is 0.0950. The molecule has 0 spiro atoms. The molecule has 0 aliphatic carbocycles. The fraction of sp³-hybridized carbons (Fsp3) is 0.200. The molecule has 5 nitrogen and oxygen atoms in total. The number of carbonyl (C=O) groups is 1. The predicted molar refractivity (Wildman–Crippen MR) is 75.0 cm³/mol. The Morgan fingerprint density at radius 1 is 1.10 bits per heavy atom. The fourth-order valence-electron chi connectivity index (χ4n) is 1.66. The molecule has 1 aromatic carbocycles. The number of amides is 1. The first-order chi connectivity index (χ1) is 9.72. The molecular formula is C15H16N2O3. The summed E-state index contributed by atoms with van der Waals surface area (Å²) < 4.78 is 10.0. The monoisotopic (exact) mass is 272 g/mol. The van der Waals surface area contributed by atoms with Gasteiger partial charge in [-0.25, -0.2) is 4.98 Å². The van der Waals surface area contributed by atoms with Crippen LogP contribution in [0.3, 0.4) is 0 Å². The largest absolute Gasteiger partial charge is 0.497 e. The molecule has 0 saturated heterocycles. The van der Waals surface area contributed by atoms with Crippen molar-refractivity contribution in [2.75, 3.05) is 14.2 Å². The van der Waals surface area contributed by atoms with Gasteiger partial charge < -0.3 is 14.8 Å². The van der Waals surface area contributed by atoms with E-state index in [0.29, 0.717) is 18.0 Å². The minimum Gasteiger partial charge on any atom is -0.497 e. The molecule has 0 unspecified atom stereocenters. The highest BCUT2D eigenvalue weighted by Crippen LogP contribution is 2.11. The van der Waals surface area contributed by atoms with Gasteiger partial charge in [0.25, 0.3) is 5.91 Å². The molecule has 104 valence electrons. The summed E-state index contributed by atoms with van der Waals surface area (Å²) in [6.45, 7) is 0.453. The Hall–Kier alpha value is -2.56. The Bertz CT molecular complexity index is 565. The van der Waals surface area contributed by atoms with Gasteiger partial charge in [0.05, 0.1) is 19.8 Å². The normalized spacial score (nSPS) is 9.90. The van der Waals surface area contributed by atoms with Crippen molar-refractivity contribution in [1.82, 2.24) is 10.3 Å². The van der Waals surface area contributed by atoms with Crippen molar-refractivity contribution in [3.8, 4) is 11.6 Å². The second kappa shape index (κ2) is 6.56. The van der Waals surface area contributed by atoms with E-state index in [1.165, 1.54) is 13.3 Å². The number of nitrogens with zero attached hydrogens (tertiary/aromatic N) is 1. The third-order valence-electron chi connectivity index (χ3n) is 2.82. The SMILES string of the molecule is COc1ccc(CNC(=O)c2ccc(OC)nc2)cc1. The van der Waals surface area contributed by atoms with Gasteiger partial charge in [-0.2, -0.15) is 0 Å². The lowest BCUT2D eigenvalue weighted by atomic mass is 10.2. The molecule has 0 atom stereocenters. The molecule has 0 aliphatic rings. The van der Waals surface area contributed by atoms with Crippen LogP contribution in [0.2, 0.25) is 0 Å².